The van der Waals surface area contributed by atoms with Gasteiger partial charge in [-0.05, 0) is 57.5 Å². The van der Waals surface area contributed by atoms with Crippen LogP contribution < -0.4 is 14.9 Å². The zero-order valence-electron chi connectivity index (χ0n) is 15.3. The summed E-state index contributed by atoms with van der Waals surface area (Å²) < 4.78 is 8.38. The van der Waals surface area contributed by atoms with Crippen molar-refractivity contribution in [1.29, 1.82) is 0 Å². The van der Waals surface area contributed by atoms with Crippen LogP contribution in [0.2, 0.25) is 0 Å². The van der Waals surface area contributed by atoms with E-state index in [-0.39, 0.29) is 10.8 Å². The molecule has 1 atom stereocenters. The fourth-order valence-electron chi connectivity index (χ4n) is 2.86. The Labute approximate surface area is 156 Å². The third-order valence-electron chi connectivity index (χ3n) is 4.26. The normalized spacial score (nSPS) is 12.2. The number of benzene rings is 2. The summed E-state index contributed by atoms with van der Waals surface area (Å²) in [7, 11) is 0. The summed E-state index contributed by atoms with van der Waals surface area (Å²) in [4.78, 5) is 24.4. The maximum atomic E-state index is 12.5. The van der Waals surface area contributed by atoms with Crippen molar-refractivity contribution < 1.29 is 9.53 Å². The van der Waals surface area contributed by atoms with E-state index in [1.54, 1.807) is 11.5 Å². The lowest BCUT2D eigenvalue weighted by atomic mass is 10.1. The number of nitrogens with zero attached hydrogens (tertiary/aromatic N) is 1. The highest BCUT2D eigenvalue weighted by atomic mass is 32.1. The fraction of sp³-hybridized carbons (Fsp3) is 0.300. The zero-order valence-corrected chi connectivity index (χ0v) is 16.1. The van der Waals surface area contributed by atoms with Gasteiger partial charge in [-0.3, -0.25) is 14.2 Å². The topological polar surface area (TPSA) is 60.3 Å². The van der Waals surface area contributed by atoms with Gasteiger partial charge in [0.2, 0.25) is 0 Å². The van der Waals surface area contributed by atoms with Gasteiger partial charge >= 0.3 is 4.87 Å². The Balaban J connectivity index is 1.74. The molecule has 3 rings (SSSR count). The van der Waals surface area contributed by atoms with Gasteiger partial charge < -0.3 is 10.1 Å². The van der Waals surface area contributed by atoms with E-state index in [2.05, 4.69) is 5.32 Å². The quantitative estimate of drug-likeness (QED) is 0.735. The number of carbonyl (C=O) groups excluding carboxylic acids is 1. The van der Waals surface area contributed by atoms with Gasteiger partial charge in [0.15, 0.2) is 6.10 Å². The second kappa shape index (κ2) is 7.33. The average Bonchev–Trinajstić information content (AvgIpc) is 2.91. The van der Waals surface area contributed by atoms with Crippen molar-refractivity contribution in [2.24, 2.45) is 0 Å². The molecule has 0 bridgehead atoms. The minimum atomic E-state index is -0.633. The first-order valence-corrected chi connectivity index (χ1v) is 9.39. The Morgan fingerprint density at radius 3 is 2.69 bits per heavy atom. The Morgan fingerprint density at radius 2 is 2.00 bits per heavy atom. The monoisotopic (exact) mass is 370 g/mol. The number of aromatic nitrogens is 1. The zero-order chi connectivity index (χ0) is 18.8. The van der Waals surface area contributed by atoms with Crippen molar-refractivity contribution >= 4 is 33.1 Å². The molecule has 0 unspecified atom stereocenters. The number of aryl methyl sites for hydroxylation is 3. The van der Waals surface area contributed by atoms with E-state index in [4.69, 9.17) is 4.74 Å². The molecule has 0 saturated carbocycles. The highest BCUT2D eigenvalue weighted by molar-refractivity contribution is 7.16. The van der Waals surface area contributed by atoms with Gasteiger partial charge in [-0.25, -0.2) is 0 Å². The Hall–Kier alpha value is -2.60. The van der Waals surface area contributed by atoms with Crippen LogP contribution in [0, 0.1) is 13.8 Å². The number of carbonyl (C=O) groups is 1. The Kier molecular flexibility index (Phi) is 5.13. The number of amides is 1. The lowest BCUT2D eigenvalue weighted by Crippen LogP contribution is -2.30. The molecule has 0 aliphatic rings. The fourth-order valence-corrected chi connectivity index (χ4v) is 3.86. The second-order valence-corrected chi connectivity index (χ2v) is 7.31. The molecule has 0 spiro atoms. The molecule has 26 heavy (non-hydrogen) atoms. The van der Waals surface area contributed by atoms with Gasteiger partial charge in [-0.15, -0.1) is 0 Å². The van der Waals surface area contributed by atoms with Crippen LogP contribution in [-0.4, -0.2) is 16.6 Å². The lowest BCUT2D eigenvalue weighted by Gasteiger charge is -2.16. The second-order valence-electron chi connectivity index (χ2n) is 6.31. The van der Waals surface area contributed by atoms with Gasteiger partial charge in [0.1, 0.15) is 5.75 Å². The molecule has 3 aromatic rings. The van der Waals surface area contributed by atoms with Gasteiger partial charge in [0, 0.05) is 12.2 Å². The van der Waals surface area contributed by atoms with Crippen molar-refractivity contribution in [2.75, 3.05) is 5.32 Å². The van der Waals surface area contributed by atoms with E-state index in [0.29, 0.717) is 18.0 Å². The summed E-state index contributed by atoms with van der Waals surface area (Å²) >= 11 is 1.18. The molecule has 136 valence electrons. The first-order chi connectivity index (χ1) is 12.4. The smallest absolute Gasteiger partial charge is 0.308 e. The lowest BCUT2D eigenvalue weighted by molar-refractivity contribution is -0.122. The summed E-state index contributed by atoms with van der Waals surface area (Å²) in [6.07, 6.45) is -0.633. The number of hydrogen-bond donors (Lipinski definition) is 1. The van der Waals surface area contributed by atoms with Crippen molar-refractivity contribution in [3.05, 3.63) is 57.2 Å². The number of fused-ring (bicyclic) bond motifs is 1. The van der Waals surface area contributed by atoms with E-state index < -0.39 is 6.10 Å². The summed E-state index contributed by atoms with van der Waals surface area (Å²) in [5.41, 5.74) is 3.69. The predicted octanol–water partition coefficient (Wildman–Crippen LogP) is 4.11. The van der Waals surface area contributed by atoms with Crippen molar-refractivity contribution in [3.63, 3.8) is 0 Å². The van der Waals surface area contributed by atoms with Crippen molar-refractivity contribution in [2.45, 2.75) is 40.3 Å². The highest BCUT2D eigenvalue weighted by Gasteiger charge is 2.16. The highest BCUT2D eigenvalue weighted by Crippen LogP contribution is 2.23. The molecule has 0 saturated heterocycles. The van der Waals surface area contributed by atoms with E-state index in [1.807, 2.05) is 57.2 Å². The first-order valence-electron chi connectivity index (χ1n) is 8.57. The molecule has 6 heteroatoms. The third kappa shape index (κ3) is 3.65. The molecule has 1 aromatic heterocycles. The van der Waals surface area contributed by atoms with Crippen LogP contribution in [0.4, 0.5) is 5.69 Å². The predicted molar refractivity (Wildman–Crippen MR) is 106 cm³/mol. The maximum Gasteiger partial charge on any atom is 0.308 e. The summed E-state index contributed by atoms with van der Waals surface area (Å²) in [6, 6.07) is 11.4. The minimum absolute atomic E-state index is 0.0116. The molecular weight excluding hydrogens is 348 g/mol. The van der Waals surface area contributed by atoms with Crippen LogP contribution in [0.15, 0.2) is 41.2 Å². The van der Waals surface area contributed by atoms with Gasteiger partial charge in [-0.1, -0.05) is 29.0 Å². The molecule has 0 aliphatic heterocycles. The van der Waals surface area contributed by atoms with E-state index in [1.165, 1.54) is 11.3 Å². The van der Waals surface area contributed by atoms with E-state index in [0.717, 1.165) is 21.3 Å². The summed E-state index contributed by atoms with van der Waals surface area (Å²) in [5, 5.41) is 2.86. The molecule has 2 aromatic carbocycles. The van der Waals surface area contributed by atoms with Crippen molar-refractivity contribution in [3.8, 4) is 5.75 Å². The maximum absolute atomic E-state index is 12.5. The summed E-state index contributed by atoms with van der Waals surface area (Å²) in [6.45, 7) is 8.27. The van der Waals surface area contributed by atoms with Crippen LogP contribution in [0.25, 0.3) is 10.2 Å². The minimum Gasteiger partial charge on any atom is -0.481 e. The molecule has 1 amide bonds. The largest absolute Gasteiger partial charge is 0.481 e. The summed E-state index contributed by atoms with van der Waals surface area (Å²) in [5.74, 6) is 0.471. The number of hydrogen-bond acceptors (Lipinski definition) is 4. The van der Waals surface area contributed by atoms with Gasteiger partial charge in [-0.2, -0.15) is 0 Å². The van der Waals surface area contributed by atoms with E-state index >= 15 is 0 Å². The number of nitrogens with one attached hydrogen (secondary N) is 1. The van der Waals surface area contributed by atoms with Crippen molar-refractivity contribution in [1.82, 2.24) is 4.57 Å². The van der Waals surface area contributed by atoms with Crippen LogP contribution in [-0.2, 0) is 11.3 Å². The number of thiazole rings is 1. The van der Waals surface area contributed by atoms with Crippen LogP contribution in [0.3, 0.4) is 0 Å². The van der Waals surface area contributed by atoms with Crippen LogP contribution >= 0.6 is 11.3 Å². The third-order valence-corrected chi connectivity index (χ3v) is 5.20. The Bertz CT molecular complexity index is 1020. The van der Waals surface area contributed by atoms with E-state index in [9.17, 15) is 9.59 Å². The number of anilines is 1. The molecule has 0 radical (unpaired) electrons. The SMILES string of the molecule is CCn1c(=O)sc2cc(NC(=O)[C@@H](C)Oc3ccc(C)cc3C)ccc21. The first kappa shape index (κ1) is 18.2. The van der Waals surface area contributed by atoms with Gasteiger partial charge in [0.25, 0.3) is 5.91 Å². The molecular formula is C20H22N2O3S. The molecule has 5 nitrogen and oxygen atoms in total. The number of rotatable bonds is 5. The average molecular weight is 370 g/mol. The molecule has 0 aliphatic carbocycles. The molecule has 1 heterocycles. The van der Waals surface area contributed by atoms with Crippen LogP contribution in [0.5, 0.6) is 5.75 Å². The van der Waals surface area contributed by atoms with Crippen LogP contribution in [0.1, 0.15) is 25.0 Å². The van der Waals surface area contributed by atoms with Gasteiger partial charge in [0.05, 0.1) is 10.2 Å². The number of ether oxygens (including phenoxy) is 1. The Morgan fingerprint density at radius 1 is 1.23 bits per heavy atom. The standard InChI is InChI=1S/C20H22N2O3S/c1-5-22-16-8-7-15(11-18(16)26-20(22)24)21-19(23)14(4)25-17-9-6-12(2)10-13(17)3/h6-11,14H,5H2,1-4H3,(H,21,23)/t14-/m1/s1. The molecule has 1 N–H and O–H groups in total. The molecule has 0 fully saturated rings.